The van der Waals surface area contributed by atoms with Crippen LogP contribution in [0.2, 0.25) is 0 Å². The van der Waals surface area contributed by atoms with Crippen molar-refractivity contribution in [2.24, 2.45) is 0 Å². The van der Waals surface area contributed by atoms with E-state index in [4.69, 9.17) is 0 Å². The molecule has 80 valence electrons. The van der Waals surface area contributed by atoms with Gasteiger partial charge in [-0.25, -0.2) is 0 Å². The molecule has 0 radical (unpaired) electrons. The Morgan fingerprint density at radius 3 is 2.20 bits per heavy atom. The third kappa shape index (κ3) is 1.88. The van der Waals surface area contributed by atoms with Crippen molar-refractivity contribution >= 4 is 11.5 Å². The second kappa shape index (κ2) is 3.81. The number of carbonyl (C=O) groups excluding carboxylic acids is 1. The van der Waals surface area contributed by atoms with Crippen molar-refractivity contribution in [3.8, 4) is 0 Å². The van der Waals surface area contributed by atoms with Gasteiger partial charge in [0.25, 0.3) is 5.69 Å². The second-order valence-corrected chi connectivity index (χ2v) is 3.65. The van der Waals surface area contributed by atoms with Crippen LogP contribution in [-0.4, -0.2) is 10.7 Å². The lowest BCUT2D eigenvalue weighted by Crippen LogP contribution is -2.05. The van der Waals surface area contributed by atoms with Gasteiger partial charge in [-0.05, 0) is 44.9 Å². The zero-order chi connectivity index (χ0) is 11.7. The summed E-state index contributed by atoms with van der Waals surface area (Å²) in [5.41, 5.74) is 2.48. The first-order valence-electron chi connectivity index (χ1n) is 4.62. The van der Waals surface area contributed by atoms with Gasteiger partial charge in [-0.2, -0.15) is 0 Å². The van der Waals surface area contributed by atoms with Gasteiger partial charge in [0.15, 0.2) is 5.78 Å². The van der Waals surface area contributed by atoms with Gasteiger partial charge in [-0.1, -0.05) is 0 Å². The minimum Gasteiger partial charge on any atom is -0.294 e. The van der Waals surface area contributed by atoms with Gasteiger partial charge in [-0.15, -0.1) is 0 Å². The quantitative estimate of drug-likeness (QED) is 0.425. The van der Waals surface area contributed by atoms with E-state index in [0.29, 0.717) is 5.56 Å². The molecule has 0 amide bonds. The first-order valence-corrected chi connectivity index (χ1v) is 4.62. The van der Waals surface area contributed by atoms with E-state index in [1.807, 2.05) is 13.8 Å². The van der Waals surface area contributed by atoms with Crippen LogP contribution in [0.15, 0.2) is 6.07 Å². The maximum Gasteiger partial charge on any atom is 0.283 e. The van der Waals surface area contributed by atoms with Crippen molar-refractivity contribution in [2.75, 3.05) is 0 Å². The summed E-state index contributed by atoms with van der Waals surface area (Å²) < 4.78 is 0. The number of aryl methyl sites for hydroxylation is 1. The Hall–Kier alpha value is -1.71. The van der Waals surface area contributed by atoms with Crippen molar-refractivity contribution in [2.45, 2.75) is 27.7 Å². The van der Waals surface area contributed by atoms with Crippen molar-refractivity contribution in [3.63, 3.8) is 0 Å². The number of rotatable bonds is 2. The SMILES string of the molecule is CC(=O)c1cc(C)c(C)c(C)c1[N+](=O)[O-]. The highest BCUT2D eigenvalue weighted by Gasteiger charge is 2.22. The molecule has 0 N–H and O–H groups in total. The van der Waals surface area contributed by atoms with E-state index in [0.717, 1.165) is 11.1 Å². The molecule has 0 unspecified atom stereocenters. The molecular formula is C11H13NO3. The van der Waals surface area contributed by atoms with Crippen LogP contribution in [0.1, 0.15) is 34.0 Å². The van der Waals surface area contributed by atoms with Crippen LogP contribution < -0.4 is 0 Å². The molecule has 0 spiro atoms. The number of hydrogen-bond acceptors (Lipinski definition) is 3. The molecule has 1 aromatic carbocycles. The van der Waals surface area contributed by atoms with E-state index >= 15 is 0 Å². The van der Waals surface area contributed by atoms with Crippen LogP contribution >= 0.6 is 0 Å². The van der Waals surface area contributed by atoms with Gasteiger partial charge < -0.3 is 0 Å². The number of nitrogens with zero attached hydrogens (tertiary/aromatic N) is 1. The van der Waals surface area contributed by atoms with Gasteiger partial charge >= 0.3 is 0 Å². The van der Waals surface area contributed by atoms with E-state index in [1.54, 1.807) is 13.0 Å². The Morgan fingerprint density at radius 2 is 1.80 bits per heavy atom. The number of nitro benzene ring substituents is 1. The standard InChI is InChI=1S/C11H13NO3/c1-6-5-10(9(4)13)11(12(14)15)8(3)7(6)2/h5H,1-4H3. The van der Waals surface area contributed by atoms with Gasteiger partial charge in [-0.3, -0.25) is 14.9 Å². The van der Waals surface area contributed by atoms with Crippen LogP contribution in [-0.2, 0) is 0 Å². The Morgan fingerprint density at radius 1 is 1.27 bits per heavy atom. The van der Waals surface area contributed by atoms with Crippen molar-refractivity contribution in [1.29, 1.82) is 0 Å². The molecule has 0 saturated heterocycles. The predicted molar refractivity (Wildman–Crippen MR) is 57.3 cm³/mol. The Balaban J connectivity index is 3.65. The van der Waals surface area contributed by atoms with Gasteiger partial charge in [0.05, 0.1) is 10.5 Å². The lowest BCUT2D eigenvalue weighted by Gasteiger charge is -2.08. The molecule has 4 nitrogen and oxygen atoms in total. The molecule has 0 atom stereocenters. The summed E-state index contributed by atoms with van der Waals surface area (Å²) in [7, 11) is 0. The molecular weight excluding hydrogens is 194 g/mol. The summed E-state index contributed by atoms with van der Waals surface area (Å²) >= 11 is 0. The summed E-state index contributed by atoms with van der Waals surface area (Å²) in [6.45, 7) is 6.68. The molecule has 0 bridgehead atoms. The zero-order valence-electron chi connectivity index (χ0n) is 9.25. The largest absolute Gasteiger partial charge is 0.294 e. The van der Waals surface area contributed by atoms with Crippen LogP contribution in [0.3, 0.4) is 0 Å². The molecule has 0 saturated carbocycles. The number of nitro groups is 1. The molecule has 0 heterocycles. The fraction of sp³-hybridized carbons (Fsp3) is 0.364. The van der Waals surface area contributed by atoms with E-state index in [-0.39, 0.29) is 17.0 Å². The highest BCUT2D eigenvalue weighted by molar-refractivity contribution is 5.99. The van der Waals surface area contributed by atoms with Gasteiger partial charge in [0.1, 0.15) is 0 Å². The zero-order valence-corrected chi connectivity index (χ0v) is 9.25. The molecule has 15 heavy (non-hydrogen) atoms. The number of carbonyl (C=O) groups is 1. The van der Waals surface area contributed by atoms with Crippen LogP contribution in [0, 0.1) is 30.9 Å². The van der Waals surface area contributed by atoms with Crippen molar-refractivity contribution in [1.82, 2.24) is 0 Å². The van der Waals surface area contributed by atoms with Gasteiger partial charge in [0, 0.05) is 5.56 Å². The maximum absolute atomic E-state index is 11.3. The summed E-state index contributed by atoms with van der Waals surface area (Å²) in [6, 6.07) is 1.59. The fourth-order valence-electron chi connectivity index (χ4n) is 1.57. The summed E-state index contributed by atoms with van der Waals surface area (Å²) in [4.78, 5) is 21.7. The first-order chi connectivity index (χ1) is 6.86. The summed E-state index contributed by atoms with van der Waals surface area (Å²) in [5.74, 6) is -0.270. The monoisotopic (exact) mass is 207 g/mol. The average molecular weight is 207 g/mol. The van der Waals surface area contributed by atoms with E-state index in [1.165, 1.54) is 6.92 Å². The molecule has 1 rings (SSSR count). The van der Waals surface area contributed by atoms with Gasteiger partial charge in [0.2, 0.25) is 0 Å². The lowest BCUT2D eigenvalue weighted by molar-refractivity contribution is -0.385. The predicted octanol–water partition coefficient (Wildman–Crippen LogP) is 2.72. The Labute approximate surface area is 88.1 Å². The number of benzene rings is 1. The molecule has 4 heteroatoms. The third-order valence-electron chi connectivity index (χ3n) is 2.69. The highest BCUT2D eigenvalue weighted by Crippen LogP contribution is 2.28. The Bertz CT molecular complexity index is 450. The minimum absolute atomic E-state index is 0.0643. The normalized spacial score (nSPS) is 10.1. The lowest BCUT2D eigenvalue weighted by atomic mass is 9.96. The first kappa shape index (κ1) is 11.4. The molecule has 0 fully saturated rings. The van der Waals surface area contributed by atoms with E-state index in [2.05, 4.69) is 0 Å². The van der Waals surface area contributed by atoms with Crippen molar-refractivity contribution < 1.29 is 9.72 Å². The number of ketones is 1. The van der Waals surface area contributed by atoms with E-state index < -0.39 is 4.92 Å². The topological polar surface area (TPSA) is 60.2 Å². The smallest absolute Gasteiger partial charge is 0.283 e. The molecule has 0 aliphatic rings. The Kier molecular flexibility index (Phi) is 2.88. The molecule has 1 aromatic rings. The summed E-state index contributed by atoms with van der Waals surface area (Å²) in [6.07, 6.45) is 0. The minimum atomic E-state index is -0.488. The van der Waals surface area contributed by atoms with Crippen LogP contribution in [0.5, 0.6) is 0 Å². The molecule has 0 aromatic heterocycles. The van der Waals surface area contributed by atoms with Crippen LogP contribution in [0.25, 0.3) is 0 Å². The molecule has 0 aliphatic heterocycles. The average Bonchev–Trinajstić information content (AvgIpc) is 2.12. The van der Waals surface area contributed by atoms with Crippen molar-refractivity contribution in [3.05, 3.63) is 38.4 Å². The third-order valence-corrected chi connectivity index (χ3v) is 2.69. The van der Waals surface area contributed by atoms with Crippen LogP contribution in [0.4, 0.5) is 5.69 Å². The fourth-order valence-corrected chi connectivity index (χ4v) is 1.57. The highest BCUT2D eigenvalue weighted by atomic mass is 16.6. The summed E-state index contributed by atoms with van der Waals surface area (Å²) in [5, 5.41) is 10.9. The maximum atomic E-state index is 11.3. The second-order valence-electron chi connectivity index (χ2n) is 3.65. The van der Waals surface area contributed by atoms with E-state index in [9.17, 15) is 14.9 Å². The number of hydrogen-bond donors (Lipinski definition) is 0. The number of Topliss-reactive ketones (excluding diaryl/α,β-unsaturated/α-hetero) is 1. The molecule has 0 aliphatic carbocycles.